The molecule has 4 nitrogen and oxygen atoms in total. The Balaban J connectivity index is 1.91. The number of anilines is 1. The minimum absolute atomic E-state index is 0.269. The van der Waals surface area contributed by atoms with Crippen molar-refractivity contribution >= 4 is 15.5 Å². The summed E-state index contributed by atoms with van der Waals surface area (Å²) < 4.78 is 22.8. The Labute approximate surface area is 115 Å². The van der Waals surface area contributed by atoms with E-state index in [1.807, 2.05) is 0 Å². The maximum Gasteiger partial charge on any atom is 0.153 e. The van der Waals surface area contributed by atoms with Gasteiger partial charge in [-0.1, -0.05) is 12.1 Å². The predicted octanol–water partition coefficient (Wildman–Crippen LogP) is 1.20. The molecule has 2 rings (SSSR count). The van der Waals surface area contributed by atoms with Gasteiger partial charge in [-0.25, -0.2) is 8.42 Å². The van der Waals surface area contributed by atoms with Crippen LogP contribution in [-0.2, 0) is 16.3 Å². The molecular formula is C14H22N2O2S. The molecule has 0 aliphatic carbocycles. The molecule has 0 bridgehead atoms. The number of hydrogen-bond donors (Lipinski definition) is 1. The first-order valence-electron chi connectivity index (χ1n) is 6.85. The first-order chi connectivity index (χ1) is 9.11. The molecule has 0 atom stereocenters. The second-order valence-electron chi connectivity index (χ2n) is 5.05. The fourth-order valence-corrected chi connectivity index (χ4v) is 3.52. The minimum Gasteiger partial charge on any atom is -0.369 e. The van der Waals surface area contributed by atoms with E-state index in [-0.39, 0.29) is 11.5 Å². The van der Waals surface area contributed by atoms with E-state index in [2.05, 4.69) is 29.2 Å². The lowest BCUT2D eigenvalue weighted by atomic mass is 10.1. The smallest absolute Gasteiger partial charge is 0.153 e. The van der Waals surface area contributed by atoms with E-state index in [0.29, 0.717) is 13.1 Å². The van der Waals surface area contributed by atoms with E-state index >= 15 is 0 Å². The zero-order valence-corrected chi connectivity index (χ0v) is 12.0. The van der Waals surface area contributed by atoms with E-state index in [9.17, 15) is 8.42 Å². The lowest BCUT2D eigenvalue weighted by molar-refractivity contribution is 0.587. The van der Waals surface area contributed by atoms with Gasteiger partial charge in [0, 0.05) is 18.8 Å². The van der Waals surface area contributed by atoms with Crippen molar-refractivity contribution in [2.75, 3.05) is 36.0 Å². The number of benzene rings is 1. The number of nitrogens with zero attached hydrogens (tertiary/aromatic N) is 1. The fourth-order valence-electron chi connectivity index (χ4n) is 2.32. The highest BCUT2D eigenvalue weighted by atomic mass is 32.2. The monoisotopic (exact) mass is 282 g/mol. The zero-order chi connectivity index (χ0) is 13.7. The first-order valence-corrected chi connectivity index (χ1v) is 8.67. The zero-order valence-electron chi connectivity index (χ0n) is 11.2. The average Bonchev–Trinajstić information content (AvgIpc) is 2.40. The van der Waals surface area contributed by atoms with Crippen LogP contribution in [0, 0.1) is 0 Å². The van der Waals surface area contributed by atoms with Crippen LogP contribution in [0.4, 0.5) is 5.69 Å². The molecule has 106 valence electrons. The molecule has 5 heteroatoms. The molecule has 1 aromatic rings. The Hall–Kier alpha value is -1.07. The summed E-state index contributed by atoms with van der Waals surface area (Å²) in [6.07, 6.45) is 3.25. The number of rotatable bonds is 5. The molecule has 1 aliphatic heterocycles. The molecule has 0 amide bonds. The summed E-state index contributed by atoms with van der Waals surface area (Å²) >= 11 is 0. The molecule has 1 aliphatic rings. The summed E-state index contributed by atoms with van der Waals surface area (Å²) in [4.78, 5) is 2.14. The predicted molar refractivity (Wildman–Crippen MR) is 79.3 cm³/mol. The van der Waals surface area contributed by atoms with Gasteiger partial charge in [-0.3, -0.25) is 0 Å². The van der Waals surface area contributed by atoms with Gasteiger partial charge in [-0.15, -0.1) is 0 Å². The maximum atomic E-state index is 11.4. The summed E-state index contributed by atoms with van der Waals surface area (Å²) in [5, 5.41) is 0. The maximum absolute atomic E-state index is 11.4. The van der Waals surface area contributed by atoms with Crippen LogP contribution in [0.2, 0.25) is 0 Å². The van der Waals surface area contributed by atoms with Gasteiger partial charge in [0.2, 0.25) is 0 Å². The number of sulfone groups is 1. The van der Waals surface area contributed by atoms with E-state index in [1.54, 1.807) is 0 Å². The topological polar surface area (TPSA) is 63.4 Å². The van der Waals surface area contributed by atoms with E-state index < -0.39 is 9.84 Å². The standard InChI is InChI=1S/C14H22N2O2S/c15-8-2-1-3-13-4-6-14(7-5-13)16-9-11-19(17,18)12-10-16/h4-7H,1-3,8-12,15H2. The molecule has 2 N–H and O–H groups in total. The molecule has 0 aromatic heterocycles. The van der Waals surface area contributed by atoms with Crippen LogP contribution in [0.5, 0.6) is 0 Å². The van der Waals surface area contributed by atoms with Crippen molar-refractivity contribution in [2.24, 2.45) is 5.73 Å². The number of aryl methyl sites for hydroxylation is 1. The van der Waals surface area contributed by atoms with Crippen molar-refractivity contribution in [1.29, 1.82) is 0 Å². The molecule has 1 aromatic carbocycles. The minimum atomic E-state index is -2.80. The van der Waals surface area contributed by atoms with E-state index in [1.165, 1.54) is 5.56 Å². The van der Waals surface area contributed by atoms with Crippen LogP contribution >= 0.6 is 0 Å². The molecular weight excluding hydrogens is 260 g/mol. The molecule has 19 heavy (non-hydrogen) atoms. The third kappa shape index (κ3) is 4.21. The highest BCUT2D eigenvalue weighted by molar-refractivity contribution is 7.91. The molecule has 0 radical (unpaired) electrons. The molecule has 0 saturated carbocycles. The largest absolute Gasteiger partial charge is 0.369 e. The lowest BCUT2D eigenvalue weighted by Gasteiger charge is -2.28. The SMILES string of the molecule is NCCCCc1ccc(N2CCS(=O)(=O)CC2)cc1. The lowest BCUT2D eigenvalue weighted by Crippen LogP contribution is -2.40. The quantitative estimate of drug-likeness (QED) is 0.824. The Morgan fingerprint density at radius 1 is 1.05 bits per heavy atom. The van der Waals surface area contributed by atoms with Gasteiger partial charge in [-0.2, -0.15) is 0 Å². The Morgan fingerprint density at radius 2 is 1.68 bits per heavy atom. The third-order valence-corrected chi connectivity index (χ3v) is 5.17. The summed E-state index contributed by atoms with van der Waals surface area (Å²) in [5.74, 6) is 0.538. The fraction of sp³-hybridized carbons (Fsp3) is 0.571. The van der Waals surface area contributed by atoms with Crippen molar-refractivity contribution in [3.8, 4) is 0 Å². The first kappa shape index (κ1) is 14.3. The second kappa shape index (κ2) is 6.39. The van der Waals surface area contributed by atoms with Crippen LogP contribution < -0.4 is 10.6 Å². The van der Waals surface area contributed by atoms with Crippen LogP contribution in [0.15, 0.2) is 24.3 Å². The third-order valence-electron chi connectivity index (χ3n) is 3.57. The highest BCUT2D eigenvalue weighted by Crippen LogP contribution is 2.18. The van der Waals surface area contributed by atoms with Crippen LogP contribution in [0.1, 0.15) is 18.4 Å². The van der Waals surface area contributed by atoms with E-state index in [0.717, 1.165) is 31.5 Å². The summed E-state index contributed by atoms with van der Waals surface area (Å²) in [6, 6.07) is 8.45. The Bertz CT molecular complexity index is 483. The normalized spacial score (nSPS) is 18.5. The van der Waals surface area contributed by atoms with Crippen LogP contribution in [0.25, 0.3) is 0 Å². The van der Waals surface area contributed by atoms with Gasteiger partial charge in [0.15, 0.2) is 9.84 Å². The van der Waals surface area contributed by atoms with Crippen LogP contribution in [-0.4, -0.2) is 39.6 Å². The molecule has 1 saturated heterocycles. The molecule has 1 heterocycles. The van der Waals surface area contributed by atoms with Crippen molar-refractivity contribution in [3.63, 3.8) is 0 Å². The summed E-state index contributed by atoms with van der Waals surface area (Å²) in [5.41, 5.74) is 7.92. The molecule has 1 fully saturated rings. The number of nitrogens with two attached hydrogens (primary N) is 1. The van der Waals surface area contributed by atoms with Crippen molar-refractivity contribution < 1.29 is 8.42 Å². The Morgan fingerprint density at radius 3 is 2.26 bits per heavy atom. The summed E-state index contributed by atoms with van der Waals surface area (Å²) in [6.45, 7) is 1.96. The van der Waals surface area contributed by atoms with Crippen molar-refractivity contribution in [1.82, 2.24) is 0 Å². The van der Waals surface area contributed by atoms with Crippen molar-refractivity contribution in [2.45, 2.75) is 19.3 Å². The Kier molecular flexibility index (Phi) is 4.82. The average molecular weight is 282 g/mol. The number of unbranched alkanes of at least 4 members (excludes halogenated alkanes) is 1. The molecule has 0 spiro atoms. The van der Waals surface area contributed by atoms with Gasteiger partial charge in [0.05, 0.1) is 11.5 Å². The summed E-state index contributed by atoms with van der Waals surface area (Å²) in [7, 11) is -2.80. The van der Waals surface area contributed by atoms with Gasteiger partial charge >= 0.3 is 0 Å². The van der Waals surface area contributed by atoms with Gasteiger partial charge in [0.25, 0.3) is 0 Å². The van der Waals surface area contributed by atoms with Gasteiger partial charge < -0.3 is 10.6 Å². The molecule has 0 unspecified atom stereocenters. The van der Waals surface area contributed by atoms with Crippen LogP contribution in [0.3, 0.4) is 0 Å². The second-order valence-corrected chi connectivity index (χ2v) is 7.35. The number of hydrogen-bond acceptors (Lipinski definition) is 4. The van der Waals surface area contributed by atoms with Gasteiger partial charge in [-0.05, 0) is 43.5 Å². The highest BCUT2D eigenvalue weighted by Gasteiger charge is 2.21. The van der Waals surface area contributed by atoms with Crippen molar-refractivity contribution in [3.05, 3.63) is 29.8 Å². The van der Waals surface area contributed by atoms with Gasteiger partial charge in [0.1, 0.15) is 0 Å². The van der Waals surface area contributed by atoms with E-state index in [4.69, 9.17) is 5.73 Å².